The molecule has 2 atom stereocenters. The molecule has 1 heterocycles. The average Bonchev–Trinajstić information content (AvgIpc) is 2.84. The van der Waals surface area contributed by atoms with Crippen molar-refractivity contribution in [3.63, 3.8) is 0 Å². The van der Waals surface area contributed by atoms with Crippen molar-refractivity contribution < 1.29 is 9.13 Å². The first-order valence-corrected chi connectivity index (χ1v) is 8.34. The molecule has 2 fully saturated rings. The molecule has 0 bridgehead atoms. The SMILES string of the molecule is NC(Cc1ccccc1F)CC1CCC2(CCCCC2)O1. The zero-order chi connectivity index (χ0) is 14.7. The fraction of sp³-hybridized carbons (Fsp3) is 0.667. The van der Waals surface area contributed by atoms with Crippen molar-refractivity contribution >= 4 is 0 Å². The van der Waals surface area contributed by atoms with E-state index >= 15 is 0 Å². The predicted molar refractivity (Wildman–Crippen MR) is 82.6 cm³/mol. The van der Waals surface area contributed by atoms with Crippen LogP contribution in [-0.4, -0.2) is 17.7 Å². The van der Waals surface area contributed by atoms with Gasteiger partial charge in [-0.25, -0.2) is 4.39 Å². The normalized spacial score (nSPS) is 26.1. The molecule has 0 aromatic heterocycles. The zero-order valence-electron chi connectivity index (χ0n) is 12.7. The van der Waals surface area contributed by atoms with Gasteiger partial charge >= 0.3 is 0 Å². The Bertz CT molecular complexity index is 470. The summed E-state index contributed by atoms with van der Waals surface area (Å²) in [4.78, 5) is 0. The zero-order valence-corrected chi connectivity index (χ0v) is 12.7. The average molecular weight is 291 g/mol. The van der Waals surface area contributed by atoms with E-state index in [9.17, 15) is 4.39 Å². The van der Waals surface area contributed by atoms with Crippen LogP contribution in [0.3, 0.4) is 0 Å². The van der Waals surface area contributed by atoms with Gasteiger partial charge in [-0.2, -0.15) is 0 Å². The Kier molecular flexibility index (Phi) is 4.60. The molecule has 1 spiro atoms. The van der Waals surface area contributed by atoms with E-state index in [0.29, 0.717) is 6.42 Å². The smallest absolute Gasteiger partial charge is 0.126 e. The Morgan fingerprint density at radius 2 is 1.95 bits per heavy atom. The highest BCUT2D eigenvalue weighted by Gasteiger charge is 2.40. The first kappa shape index (κ1) is 15.0. The van der Waals surface area contributed by atoms with E-state index in [-0.39, 0.29) is 23.6 Å². The van der Waals surface area contributed by atoms with Crippen molar-refractivity contribution in [2.24, 2.45) is 5.73 Å². The first-order chi connectivity index (χ1) is 10.2. The summed E-state index contributed by atoms with van der Waals surface area (Å²) in [5.74, 6) is -0.149. The topological polar surface area (TPSA) is 35.2 Å². The molecule has 2 N–H and O–H groups in total. The molecule has 3 heteroatoms. The van der Waals surface area contributed by atoms with Crippen LogP contribution >= 0.6 is 0 Å². The lowest BCUT2D eigenvalue weighted by Gasteiger charge is -2.33. The predicted octanol–water partition coefficient (Wildman–Crippen LogP) is 3.97. The molecule has 0 radical (unpaired) electrons. The molecule has 0 amide bonds. The van der Waals surface area contributed by atoms with Gasteiger partial charge < -0.3 is 10.5 Å². The molecule has 1 aromatic carbocycles. The number of benzene rings is 1. The Hall–Kier alpha value is -0.930. The van der Waals surface area contributed by atoms with Crippen LogP contribution in [0.25, 0.3) is 0 Å². The van der Waals surface area contributed by atoms with Crippen LogP contribution in [0, 0.1) is 5.82 Å². The molecule has 1 aliphatic carbocycles. The number of hydrogen-bond acceptors (Lipinski definition) is 2. The third-order valence-corrected chi connectivity index (χ3v) is 5.11. The van der Waals surface area contributed by atoms with Crippen LogP contribution in [0.15, 0.2) is 24.3 Å². The van der Waals surface area contributed by atoms with Crippen molar-refractivity contribution in [3.05, 3.63) is 35.6 Å². The lowest BCUT2D eigenvalue weighted by atomic mass is 9.83. The van der Waals surface area contributed by atoms with Crippen molar-refractivity contribution in [1.29, 1.82) is 0 Å². The van der Waals surface area contributed by atoms with Crippen LogP contribution in [0.1, 0.15) is 56.9 Å². The molecular weight excluding hydrogens is 265 g/mol. The van der Waals surface area contributed by atoms with Gasteiger partial charge in [0.1, 0.15) is 5.82 Å². The van der Waals surface area contributed by atoms with Gasteiger partial charge in [0.2, 0.25) is 0 Å². The summed E-state index contributed by atoms with van der Waals surface area (Å²) in [7, 11) is 0. The second-order valence-electron chi connectivity index (χ2n) is 6.81. The first-order valence-electron chi connectivity index (χ1n) is 8.34. The Balaban J connectivity index is 1.52. The fourth-order valence-corrected chi connectivity index (χ4v) is 3.99. The van der Waals surface area contributed by atoms with Gasteiger partial charge in [-0.15, -0.1) is 0 Å². The second kappa shape index (κ2) is 6.45. The lowest BCUT2D eigenvalue weighted by Crippen LogP contribution is -2.34. The second-order valence-corrected chi connectivity index (χ2v) is 6.81. The molecule has 2 unspecified atom stereocenters. The van der Waals surface area contributed by atoms with E-state index < -0.39 is 0 Å². The van der Waals surface area contributed by atoms with Gasteiger partial charge in [-0.3, -0.25) is 0 Å². The standard InChI is InChI=1S/C18H26FNO/c19-17-7-3-2-6-14(17)12-15(20)13-16-8-11-18(21-16)9-4-1-5-10-18/h2-3,6-7,15-16H,1,4-5,8-13,20H2. The number of rotatable bonds is 4. The van der Waals surface area contributed by atoms with Gasteiger partial charge in [0.25, 0.3) is 0 Å². The molecule has 3 rings (SSSR count). The van der Waals surface area contributed by atoms with Crippen LogP contribution in [0.4, 0.5) is 4.39 Å². The van der Waals surface area contributed by atoms with E-state index in [2.05, 4.69) is 0 Å². The summed E-state index contributed by atoms with van der Waals surface area (Å²) >= 11 is 0. The summed E-state index contributed by atoms with van der Waals surface area (Å²) in [6.07, 6.45) is 10.4. The Morgan fingerprint density at radius 1 is 1.19 bits per heavy atom. The maximum absolute atomic E-state index is 13.7. The van der Waals surface area contributed by atoms with E-state index in [1.807, 2.05) is 12.1 Å². The summed E-state index contributed by atoms with van der Waals surface area (Å²) in [6, 6.07) is 6.90. The highest BCUT2D eigenvalue weighted by molar-refractivity contribution is 5.18. The molecule has 2 aliphatic rings. The number of ether oxygens (including phenoxy) is 1. The molecule has 2 nitrogen and oxygen atoms in total. The van der Waals surface area contributed by atoms with Crippen LogP contribution < -0.4 is 5.73 Å². The minimum atomic E-state index is -0.149. The van der Waals surface area contributed by atoms with Crippen LogP contribution in [0.5, 0.6) is 0 Å². The molecule has 1 aliphatic heterocycles. The fourth-order valence-electron chi connectivity index (χ4n) is 3.99. The van der Waals surface area contributed by atoms with E-state index in [0.717, 1.165) is 18.4 Å². The summed E-state index contributed by atoms with van der Waals surface area (Å²) in [5, 5.41) is 0. The third-order valence-electron chi connectivity index (χ3n) is 5.11. The molecular formula is C18H26FNO. The molecule has 1 saturated heterocycles. The largest absolute Gasteiger partial charge is 0.372 e. The van der Waals surface area contributed by atoms with Gasteiger partial charge in [0.05, 0.1) is 11.7 Å². The quantitative estimate of drug-likeness (QED) is 0.911. The van der Waals surface area contributed by atoms with E-state index in [1.165, 1.54) is 44.6 Å². The maximum atomic E-state index is 13.7. The minimum Gasteiger partial charge on any atom is -0.372 e. The lowest BCUT2D eigenvalue weighted by molar-refractivity contribution is -0.0671. The minimum absolute atomic E-state index is 0.0226. The Morgan fingerprint density at radius 3 is 2.71 bits per heavy atom. The number of hydrogen-bond donors (Lipinski definition) is 1. The van der Waals surface area contributed by atoms with Crippen molar-refractivity contribution in [3.8, 4) is 0 Å². The van der Waals surface area contributed by atoms with E-state index in [4.69, 9.17) is 10.5 Å². The van der Waals surface area contributed by atoms with Gasteiger partial charge in [0, 0.05) is 6.04 Å². The number of halogens is 1. The van der Waals surface area contributed by atoms with Crippen LogP contribution in [-0.2, 0) is 11.2 Å². The van der Waals surface area contributed by atoms with Gasteiger partial charge in [-0.05, 0) is 50.2 Å². The van der Waals surface area contributed by atoms with Gasteiger partial charge in [0.15, 0.2) is 0 Å². The Labute approximate surface area is 126 Å². The molecule has 1 aromatic rings. The molecule has 116 valence electrons. The third kappa shape index (κ3) is 3.64. The monoisotopic (exact) mass is 291 g/mol. The van der Waals surface area contributed by atoms with Crippen molar-refractivity contribution in [2.45, 2.75) is 75.5 Å². The number of nitrogens with two attached hydrogens (primary N) is 1. The van der Waals surface area contributed by atoms with Crippen LogP contribution in [0.2, 0.25) is 0 Å². The summed E-state index contributed by atoms with van der Waals surface area (Å²) in [5.41, 5.74) is 7.10. The highest BCUT2D eigenvalue weighted by atomic mass is 19.1. The summed E-state index contributed by atoms with van der Waals surface area (Å²) in [6.45, 7) is 0. The highest BCUT2D eigenvalue weighted by Crippen LogP contribution is 2.42. The summed E-state index contributed by atoms with van der Waals surface area (Å²) < 4.78 is 20.0. The van der Waals surface area contributed by atoms with Crippen molar-refractivity contribution in [1.82, 2.24) is 0 Å². The maximum Gasteiger partial charge on any atom is 0.126 e. The molecule has 21 heavy (non-hydrogen) atoms. The van der Waals surface area contributed by atoms with E-state index in [1.54, 1.807) is 6.07 Å². The van der Waals surface area contributed by atoms with Crippen molar-refractivity contribution in [2.75, 3.05) is 0 Å². The van der Waals surface area contributed by atoms with Gasteiger partial charge in [-0.1, -0.05) is 37.5 Å². The molecule has 1 saturated carbocycles.